The van der Waals surface area contributed by atoms with Crippen molar-refractivity contribution in [1.82, 2.24) is 4.90 Å². The lowest BCUT2D eigenvalue weighted by molar-refractivity contribution is 0.114. The molecule has 1 aliphatic heterocycles. The van der Waals surface area contributed by atoms with Crippen LogP contribution < -0.4 is 0 Å². The molecule has 0 bridgehead atoms. The Kier molecular flexibility index (Phi) is 3.31. The third kappa shape index (κ3) is 2.10. The van der Waals surface area contributed by atoms with E-state index in [0.29, 0.717) is 0 Å². The predicted molar refractivity (Wildman–Crippen MR) is 60.4 cm³/mol. The van der Waals surface area contributed by atoms with Gasteiger partial charge in [0.1, 0.15) is 0 Å². The van der Waals surface area contributed by atoms with E-state index in [9.17, 15) is 0 Å². The zero-order valence-corrected chi connectivity index (χ0v) is 10.1. The molecule has 0 N–H and O–H groups in total. The molecule has 2 atom stereocenters. The topological polar surface area (TPSA) is 3.24 Å². The molecule has 1 saturated heterocycles. The molecule has 0 spiro atoms. The fraction of sp³-hybridized carbons (Fsp3) is 1.00. The second-order valence-electron chi connectivity index (χ2n) is 4.57. The third-order valence-electron chi connectivity index (χ3n) is 3.74. The van der Waals surface area contributed by atoms with Crippen LogP contribution in [0.4, 0.5) is 0 Å². The first-order valence-corrected chi connectivity index (χ1v) is 6.60. The van der Waals surface area contributed by atoms with Gasteiger partial charge < -0.3 is 0 Å². The summed E-state index contributed by atoms with van der Waals surface area (Å²) in [6, 6.07) is 1.67. The van der Waals surface area contributed by atoms with Crippen molar-refractivity contribution in [3.8, 4) is 0 Å². The van der Waals surface area contributed by atoms with Gasteiger partial charge in [0.15, 0.2) is 0 Å². The maximum Gasteiger partial charge on any atom is 0.0299 e. The Balaban J connectivity index is 1.95. The smallest absolute Gasteiger partial charge is 0.0299 e. The lowest BCUT2D eigenvalue weighted by Crippen LogP contribution is -2.48. The lowest BCUT2D eigenvalue weighted by atomic mass is 10.0. The molecule has 2 rings (SSSR count). The fourth-order valence-electron chi connectivity index (χ4n) is 2.87. The molecule has 76 valence electrons. The lowest BCUT2D eigenvalue weighted by Gasteiger charge is -2.40. The first-order valence-electron chi connectivity index (χ1n) is 5.69. The molecule has 0 aromatic rings. The minimum absolute atomic E-state index is 0.738. The van der Waals surface area contributed by atoms with Crippen LogP contribution in [0.2, 0.25) is 0 Å². The standard InChI is InChI=1S/C11H20BrN/c1-9-11(12)7-4-8-13(9)10-5-2-3-6-10/h9-11H,2-8H2,1H3. The molecule has 2 unspecified atom stereocenters. The van der Waals surface area contributed by atoms with Crippen LogP contribution in [0.1, 0.15) is 45.4 Å². The first kappa shape index (κ1) is 9.97. The highest BCUT2D eigenvalue weighted by Crippen LogP contribution is 2.31. The first-order chi connectivity index (χ1) is 6.29. The van der Waals surface area contributed by atoms with Crippen molar-refractivity contribution in [1.29, 1.82) is 0 Å². The van der Waals surface area contributed by atoms with Crippen LogP contribution in [-0.2, 0) is 0 Å². The predicted octanol–water partition coefficient (Wildman–Crippen LogP) is 3.18. The average molecular weight is 246 g/mol. The van der Waals surface area contributed by atoms with Crippen LogP contribution in [0, 0.1) is 0 Å². The van der Waals surface area contributed by atoms with Gasteiger partial charge in [0.2, 0.25) is 0 Å². The van der Waals surface area contributed by atoms with E-state index < -0.39 is 0 Å². The second kappa shape index (κ2) is 4.31. The minimum Gasteiger partial charge on any atom is -0.297 e. The Labute approximate surface area is 90.0 Å². The number of hydrogen-bond acceptors (Lipinski definition) is 1. The summed E-state index contributed by atoms with van der Waals surface area (Å²) in [5.41, 5.74) is 0. The van der Waals surface area contributed by atoms with Gasteiger partial charge in [-0.15, -0.1) is 0 Å². The van der Waals surface area contributed by atoms with Gasteiger partial charge in [0.25, 0.3) is 0 Å². The molecule has 0 aromatic carbocycles. The van der Waals surface area contributed by atoms with Gasteiger partial charge in [0, 0.05) is 16.9 Å². The summed E-state index contributed by atoms with van der Waals surface area (Å²) in [6.07, 6.45) is 8.57. The molecule has 0 amide bonds. The summed E-state index contributed by atoms with van der Waals surface area (Å²) in [5.74, 6) is 0. The summed E-state index contributed by atoms with van der Waals surface area (Å²) >= 11 is 3.80. The van der Waals surface area contributed by atoms with Gasteiger partial charge in [-0.25, -0.2) is 0 Å². The molecule has 1 saturated carbocycles. The van der Waals surface area contributed by atoms with Gasteiger partial charge in [-0.2, -0.15) is 0 Å². The average Bonchev–Trinajstić information content (AvgIpc) is 2.62. The second-order valence-corrected chi connectivity index (χ2v) is 5.75. The molecule has 1 aliphatic carbocycles. The molecule has 0 radical (unpaired) electrons. The summed E-state index contributed by atoms with van der Waals surface area (Å²) < 4.78 is 0. The van der Waals surface area contributed by atoms with Gasteiger partial charge in [-0.05, 0) is 39.2 Å². The van der Waals surface area contributed by atoms with Crippen LogP contribution >= 0.6 is 15.9 Å². The Morgan fingerprint density at radius 3 is 2.46 bits per heavy atom. The van der Waals surface area contributed by atoms with Crippen LogP contribution in [0.5, 0.6) is 0 Å². The van der Waals surface area contributed by atoms with E-state index in [2.05, 4.69) is 27.8 Å². The molecular formula is C11H20BrN. The summed E-state index contributed by atoms with van der Waals surface area (Å²) in [5, 5.41) is 0. The van der Waals surface area contributed by atoms with Crippen molar-refractivity contribution >= 4 is 15.9 Å². The largest absolute Gasteiger partial charge is 0.297 e. The number of halogens is 1. The Morgan fingerprint density at radius 2 is 1.77 bits per heavy atom. The number of rotatable bonds is 1. The molecule has 1 nitrogen and oxygen atoms in total. The van der Waals surface area contributed by atoms with E-state index in [-0.39, 0.29) is 0 Å². The number of nitrogens with zero attached hydrogens (tertiary/aromatic N) is 1. The van der Waals surface area contributed by atoms with Gasteiger partial charge in [-0.1, -0.05) is 28.8 Å². The van der Waals surface area contributed by atoms with Crippen molar-refractivity contribution < 1.29 is 0 Å². The highest BCUT2D eigenvalue weighted by molar-refractivity contribution is 9.09. The van der Waals surface area contributed by atoms with Crippen molar-refractivity contribution in [3.63, 3.8) is 0 Å². The van der Waals surface area contributed by atoms with E-state index in [4.69, 9.17) is 0 Å². The van der Waals surface area contributed by atoms with Gasteiger partial charge in [-0.3, -0.25) is 4.90 Å². The van der Waals surface area contributed by atoms with Crippen LogP contribution in [0.15, 0.2) is 0 Å². The molecule has 1 heterocycles. The van der Waals surface area contributed by atoms with Crippen LogP contribution in [0.25, 0.3) is 0 Å². The van der Waals surface area contributed by atoms with E-state index in [1.54, 1.807) is 0 Å². The minimum atomic E-state index is 0.738. The molecule has 2 heteroatoms. The molecule has 2 aliphatic rings. The number of piperidine rings is 1. The molecule has 13 heavy (non-hydrogen) atoms. The van der Waals surface area contributed by atoms with Crippen molar-refractivity contribution in [2.75, 3.05) is 6.54 Å². The van der Waals surface area contributed by atoms with Crippen molar-refractivity contribution in [3.05, 3.63) is 0 Å². The molecule has 0 aromatic heterocycles. The highest BCUT2D eigenvalue weighted by atomic mass is 79.9. The van der Waals surface area contributed by atoms with Crippen molar-refractivity contribution in [2.24, 2.45) is 0 Å². The zero-order chi connectivity index (χ0) is 9.26. The zero-order valence-electron chi connectivity index (χ0n) is 8.51. The molecular weight excluding hydrogens is 226 g/mol. The van der Waals surface area contributed by atoms with Gasteiger partial charge >= 0.3 is 0 Å². The van der Waals surface area contributed by atoms with E-state index in [1.165, 1.54) is 45.1 Å². The normalized spacial score (nSPS) is 38.3. The van der Waals surface area contributed by atoms with E-state index in [1.807, 2.05) is 0 Å². The SMILES string of the molecule is CC1C(Br)CCCN1C1CCCC1. The highest BCUT2D eigenvalue weighted by Gasteiger charge is 2.32. The maximum atomic E-state index is 3.80. The summed E-state index contributed by atoms with van der Waals surface area (Å²) in [6.45, 7) is 3.73. The Bertz CT molecular complexity index is 163. The maximum absolute atomic E-state index is 3.80. The van der Waals surface area contributed by atoms with E-state index in [0.717, 1.165) is 16.9 Å². The third-order valence-corrected chi connectivity index (χ3v) is 4.96. The monoisotopic (exact) mass is 245 g/mol. The van der Waals surface area contributed by atoms with Crippen LogP contribution in [0.3, 0.4) is 0 Å². The summed E-state index contributed by atoms with van der Waals surface area (Å²) in [7, 11) is 0. The Hall–Kier alpha value is 0.440. The van der Waals surface area contributed by atoms with Crippen LogP contribution in [-0.4, -0.2) is 28.4 Å². The van der Waals surface area contributed by atoms with Crippen molar-refractivity contribution in [2.45, 2.75) is 62.4 Å². The quantitative estimate of drug-likeness (QED) is 0.642. The number of alkyl halides is 1. The Morgan fingerprint density at radius 1 is 1.08 bits per heavy atom. The number of likely N-dealkylation sites (tertiary alicyclic amines) is 1. The number of hydrogen-bond donors (Lipinski definition) is 0. The van der Waals surface area contributed by atoms with Gasteiger partial charge in [0.05, 0.1) is 0 Å². The molecule has 2 fully saturated rings. The summed E-state index contributed by atoms with van der Waals surface area (Å²) in [4.78, 5) is 3.48. The van der Waals surface area contributed by atoms with E-state index >= 15 is 0 Å². The fourth-order valence-corrected chi connectivity index (χ4v) is 3.50.